The van der Waals surface area contributed by atoms with E-state index in [2.05, 4.69) is 5.32 Å². The molecule has 0 fully saturated rings. The van der Waals surface area contributed by atoms with Crippen molar-refractivity contribution in [2.75, 3.05) is 0 Å². The number of amides is 1. The molecule has 0 unspecified atom stereocenters. The van der Waals surface area contributed by atoms with Gasteiger partial charge in [-0.25, -0.2) is 4.39 Å². The summed E-state index contributed by atoms with van der Waals surface area (Å²) >= 11 is 0. The number of phenols is 1. The van der Waals surface area contributed by atoms with Gasteiger partial charge in [0, 0.05) is 23.6 Å². The molecule has 0 aliphatic heterocycles. The van der Waals surface area contributed by atoms with Crippen LogP contribution in [0.4, 0.5) is 4.39 Å². The largest absolute Gasteiger partial charge is 0.508 e. The van der Waals surface area contributed by atoms with E-state index in [9.17, 15) is 19.1 Å². The quantitative estimate of drug-likeness (QED) is 0.650. The fourth-order valence-corrected chi connectivity index (χ4v) is 2.59. The number of ether oxygens (including phenoxy) is 1. The van der Waals surface area contributed by atoms with Crippen LogP contribution >= 0.6 is 0 Å². The van der Waals surface area contributed by atoms with Gasteiger partial charge in [-0.1, -0.05) is 12.1 Å². The standard InChI is InChI=1S/C20H18FNO5/c1-12(20(25)22-10-13-2-4-15(21)5-3-13)27-19(24)8-14-11-26-18-9-16(23)6-7-17(14)18/h2-7,9,11-12,23H,8,10H2,1H3,(H,22,25)/t12-/m1/s1. The third kappa shape index (κ3) is 4.63. The van der Waals surface area contributed by atoms with Crippen molar-refractivity contribution in [1.82, 2.24) is 5.32 Å². The molecule has 0 radical (unpaired) electrons. The fourth-order valence-electron chi connectivity index (χ4n) is 2.59. The topological polar surface area (TPSA) is 88.8 Å². The van der Waals surface area contributed by atoms with Gasteiger partial charge in [0.15, 0.2) is 6.10 Å². The van der Waals surface area contributed by atoms with Crippen LogP contribution in [-0.2, 0) is 27.3 Å². The molecule has 2 N–H and O–H groups in total. The number of furan rings is 1. The predicted molar refractivity (Wildman–Crippen MR) is 95.4 cm³/mol. The van der Waals surface area contributed by atoms with Crippen molar-refractivity contribution in [3.8, 4) is 5.75 Å². The molecule has 27 heavy (non-hydrogen) atoms. The zero-order valence-electron chi connectivity index (χ0n) is 14.6. The maximum atomic E-state index is 12.9. The van der Waals surface area contributed by atoms with E-state index in [-0.39, 0.29) is 24.5 Å². The summed E-state index contributed by atoms with van der Waals surface area (Å²) in [6.45, 7) is 1.68. The van der Waals surface area contributed by atoms with Crippen LogP contribution in [0.15, 0.2) is 53.1 Å². The lowest BCUT2D eigenvalue weighted by Gasteiger charge is -2.13. The number of fused-ring (bicyclic) bond motifs is 1. The molecule has 1 amide bonds. The summed E-state index contributed by atoms with van der Waals surface area (Å²) in [6, 6.07) is 10.3. The zero-order chi connectivity index (χ0) is 19.4. The molecule has 2 aromatic carbocycles. The summed E-state index contributed by atoms with van der Waals surface area (Å²) in [5, 5.41) is 12.8. The van der Waals surface area contributed by atoms with Crippen molar-refractivity contribution in [3.63, 3.8) is 0 Å². The first-order valence-electron chi connectivity index (χ1n) is 8.33. The average Bonchev–Trinajstić information content (AvgIpc) is 3.02. The van der Waals surface area contributed by atoms with E-state index in [1.807, 2.05) is 0 Å². The number of hydrogen-bond donors (Lipinski definition) is 2. The van der Waals surface area contributed by atoms with Crippen LogP contribution in [0, 0.1) is 5.82 Å². The zero-order valence-corrected chi connectivity index (χ0v) is 14.6. The Bertz CT molecular complexity index is 964. The molecule has 3 rings (SSSR count). The number of hydrogen-bond acceptors (Lipinski definition) is 5. The summed E-state index contributed by atoms with van der Waals surface area (Å²) in [5.41, 5.74) is 1.80. The van der Waals surface area contributed by atoms with E-state index in [0.29, 0.717) is 16.5 Å². The van der Waals surface area contributed by atoms with Gasteiger partial charge in [0.2, 0.25) is 0 Å². The monoisotopic (exact) mass is 371 g/mol. The summed E-state index contributed by atoms with van der Waals surface area (Å²) in [6.07, 6.45) is 0.387. The molecule has 0 saturated heterocycles. The second-order valence-electron chi connectivity index (χ2n) is 6.09. The van der Waals surface area contributed by atoms with E-state index in [1.165, 1.54) is 37.5 Å². The molecule has 0 saturated carbocycles. The van der Waals surface area contributed by atoms with Crippen molar-refractivity contribution < 1.29 is 28.2 Å². The number of phenolic OH excluding ortho intramolecular Hbond substituents is 1. The number of carbonyl (C=O) groups is 2. The smallest absolute Gasteiger partial charge is 0.311 e. The van der Waals surface area contributed by atoms with Crippen LogP contribution in [0.1, 0.15) is 18.1 Å². The minimum Gasteiger partial charge on any atom is -0.508 e. The van der Waals surface area contributed by atoms with Gasteiger partial charge in [0.25, 0.3) is 5.91 Å². The van der Waals surface area contributed by atoms with E-state index >= 15 is 0 Å². The highest BCUT2D eigenvalue weighted by atomic mass is 19.1. The molecule has 0 aliphatic rings. The lowest BCUT2D eigenvalue weighted by Crippen LogP contribution is -2.35. The number of halogens is 1. The lowest BCUT2D eigenvalue weighted by atomic mass is 10.1. The van der Waals surface area contributed by atoms with Gasteiger partial charge >= 0.3 is 5.97 Å². The Balaban J connectivity index is 1.53. The van der Waals surface area contributed by atoms with E-state index in [0.717, 1.165) is 5.56 Å². The number of esters is 1. The van der Waals surface area contributed by atoms with Crippen molar-refractivity contribution in [1.29, 1.82) is 0 Å². The summed E-state index contributed by atoms with van der Waals surface area (Å²) in [7, 11) is 0. The highest BCUT2D eigenvalue weighted by Crippen LogP contribution is 2.25. The van der Waals surface area contributed by atoms with Gasteiger partial charge in [-0.05, 0) is 36.8 Å². The Kier molecular flexibility index (Phi) is 5.40. The Morgan fingerprint density at radius 1 is 1.22 bits per heavy atom. The molecule has 3 aromatic rings. The van der Waals surface area contributed by atoms with Crippen LogP contribution < -0.4 is 5.32 Å². The average molecular weight is 371 g/mol. The second-order valence-corrected chi connectivity index (χ2v) is 6.09. The van der Waals surface area contributed by atoms with Crippen LogP contribution in [0.25, 0.3) is 11.0 Å². The number of benzene rings is 2. The molecular weight excluding hydrogens is 353 g/mol. The Hall–Kier alpha value is -3.35. The highest BCUT2D eigenvalue weighted by molar-refractivity contribution is 5.88. The van der Waals surface area contributed by atoms with Crippen LogP contribution in [0.5, 0.6) is 5.75 Å². The molecule has 0 spiro atoms. The molecular formula is C20H18FNO5. The van der Waals surface area contributed by atoms with Crippen molar-refractivity contribution in [2.45, 2.75) is 26.0 Å². The number of rotatable bonds is 6. The summed E-state index contributed by atoms with van der Waals surface area (Å²) in [4.78, 5) is 24.2. The van der Waals surface area contributed by atoms with Crippen LogP contribution in [0.3, 0.4) is 0 Å². The predicted octanol–water partition coefficient (Wildman–Crippen LogP) is 3.07. The number of aromatic hydroxyl groups is 1. The molecule has 140 valence electrons. The molecule has 1 heterocycles. The van der Waals surface area contributed by atoms with Gasteiger partial charge < -0.3 is 19.6 Å². The van der Waals surface area contributed by atoms with E-state index in [4.69, 9.17) is 9.15 Å². The molecule has 0 bridgehead atoms. The van der Waals surface area contributed by atoms with Gasteiger partial charge in [-0.15, -0.1) is 0 Å². The Labute approximate surface area is 154 Å². The maximum absolute atomic E-state index is 12.9. The number of nitrogens with one attached hydrogen (secondary N) is 1. The molecule has 1 aromatic heterocycles. The van der Waals surface area contributed by atoms with Crippen molar-refractivity contribution >= 4 is 22.8 Å². The minimum atomic E-state index is -0.972. The summed E-state index contributed by atoms with van der Waals surface area (Å²) in [5.74, 6) is -1.31. The van der Waals surface area contributed by atoms with Gasteiger partial charge in [0.05, 0.1) is 12.7 Å². The molecule has 7 heteroatoms. The fraction of sp³-hybridized carbons (Fsp3) is 0.200. The molecule has 0 aliphatic carbocycles. The normalized spacial score (nSPS) is 11.9. The van der Waals surface area contributed by atoms with Crippen LogP contribution in [-0.4, -0.2) is 23.1 Å². The van der Waals surface area contributed by atoms with Crippen LogP contribution in [0.2, 0.25) is 0 Å². The van der Waals surface area contributed by atoms with Gasteiger partial charge in [0.1, 0.15) is 17.1 Å². The summed E-state index contributed by atoms with van der Waals surface area (Å²) < 4.78 is 23.3. The second kappa shape index (κ2) is 7.90. The highest BCUT2D eigenvalue weighted by Gasteiger charge is 2.19. The third-order valence-electron chi connectivity index (χ3n) is 4.03. The lowest BCUT2D eigenvalue weighted by molar-refractivity contribution is -0.154. The third-order valence-corrected chi connectivity index (χ3v) is 4.03. The first kappa shape index (κ1) is 18.4. The number of carbonyl (C=O) groups excluding carboxylic acids is 2. The maximum Gasteiger partial charge on any atom is 0.311 e. The molecule has 1 atom stereocenters. The van der Waals surface area contributed by atoms with Gasteiger partial charge in [-0.2, -0.15) is 0 Å². The SMILES string of the molecule is C[C@@H](OC(=O)Cc1coc2cc(O)ccc12)C(=O)NCc1ccc(F)cc1. The minimum absolute atomic E-state index is 0.0621. The van der Waals surface area contributed by atoms with Crippen molar-refractivity contribution in [2.24, 2.45) is 0 Å². The van der Waals surface area contributed by atoms with Gasteiger partial charge in [-0.3, -0.25) is 9.59 Å². The van der Waals surface area contributed by atoms with E-state index in [1.54, 1.807) is 18.2 Å². The van der Waals surface area contributed by atoms with Crippen molar-refractivity contribution in [3.05, 3.63) is 65.7 Å². The molecule has 6 nitrogen and oxygen atoms in total. The Morgan fingerprint density at radius 3 is 2.70 bits per heavy atom. The Morgan fingerprint density at radius 2 is 1.96 bits per heavy atom. The van der Waals surface area contributed by atoms with E-state index < -0.39 is 18.0 Å². The first-order valence-corrected chi connectivity index (χ1v) is 8.33. The first-order chi connectivity index (χ1) is 12.9.